The maximum atomic E-state index is 11.0. The Morgan fingerprint density at radius 2 is 1.86 bits per heavy atom. The van der Waals surface area contributed by atoms with Gasteiger partial charge in [0.05, 0.1) is 6.61 Å². The van der Waals surface area contributed by atoms with Gasteiger partial charge in [0.15, 0.2) is 0 Å². The SMILES string of the molecule is CCOC(=O)CNC(=O)CCC(C)=O. The first kappa shape index (κ1) is 12.6. The van der Waals surface area contributed by atoms with Gasteiger partial charge in [0.25, 0.3) is 0 Å². The Kier molecular flexibility index (Phi) is 6.36. The van der Waals surface area contributed by atoms with Crippen LogP contribution < -0.4 is 5.32 Å². The summed E-state index contributed by atoms with van der Waals surface area (Å²) in [6.45, 7) is 3.26. The van der Waals surface area contributed by atoms with Crippen LogP contribution in [0.2, 0.25) is 0 Å². The Labute approximate surface area is 82.8 Å². The molecule has 0 unspecified atom stereocenters. The molecule has 5 heteroatoms. The third-order valence-corrected chi connectivity index (χ3v) is 1.44. The molecular weight excluding hydrogens is 186 g/mol. The molecule has 0 fully saturated rings. The molecule has 0 saturated heterocycles. The summed E-state index contributed by atoms with van der Waals surface area (Å²) in [7, 11) is 0. The lowest BCUT2D eigenvalue weighted by Gasteiger charge is -2.03. The molecule has 0 radical (unpaired) electrons. The van der Waals surface area contributed by atoms with Crippen LogP contribution in [-0.4, -0.2) is 30.8 Å². The number of ether oxygens (including phenoxy) is 1. The van der Waals surface area contributed by atoms with Gasteiger partial charge in [-0.25, -0.2) is 0 Å². The van der Waals surface area contributed by atoms with Crippen molar-refractivity contribution in [3.8, 4) is 0 Å². The van der Waals surface area contributed by atoms with Crippen LogP contribution in [0, 0.1) is 0 Å². The van der Waals surface area contributed by atoms with E-state index in [-0.39, 0.29) is 31.1 Å². The first-order valence-electron chi connectivity index (χ1n) is 4.48. The maximum absolute atomic E-state index is 11.0. The summed E-state index contributed by atoms with van der Waals surface area (Å²) in [6, 6.07) is 0. The molecule has 0 heterocycles. The summed E-state index contributed by atoms with van der Waals surface area (Å²) in [6.07, 6.45) is 0.323. The molecule has 0 aliphatic rings. The fraction of sp³-hybridized carbons (Fsp3) is 0.667. The molecule has 0 aromatic rings. The van der Waals surface area contributed by atoms with Crippen molar-refractivity contribution in [1.82, 2.24) is 5.32 Å². The molecule has 0 aromatic heterocycles. The minimum Gasteiger partial charge on any atom is -0.465 e. The van der Waals surface area contributed by atoms with Crippen LogP contribution in [0.25, 0.3) is 0 Å². The van der Waals surface area contributed by atoms with Crippen molar-refractivity contribution in [2.75, 3.05) is 13.2 Å². The Morgan fingerprint density at radius 3 is 2.36 bits per heavy atom. The van der Waals surface area contributed by atoms with Crippen LogP contribution in [0.3, 0.4) is 0 Å². The zero-order valence-corrected chi connectivity index (χ0v) is 8.46. The number of ketones is 1. The highest BCUT2D eigenvalue weighted by Gasteiger charge is 2.06. The average molecular weight is 201 g/mol. The average Bonchev–Trinajstić information content (AvgIpc) is 2.12. The van der Waals surface area contributed by atoms with E-state index in [2.05, 4.69) is 10.1 Å². The van der Waals surface area contributed by atoms with Crippen LogP contribution in [0.15, 0.2) is 0 Å². The second-order valence-electron chi connectivity index (χ2n) is 2.78. The predicted octanol–water partition coefficient (Wildman–Crippen LogP) is 0.0349. The van der Waals surface area contributed by atoms with E-state index in [1.165, 1.54) is 6.92 Å². The number of carbonyl (C=O) groups excluding carboxylic acids is 3. The molecule has 0 aromatic carbocycles. The Bertz CT molecular complexity index is 225. The minimum absolute atomic E-state index is 0.0451. The smallest absolute Gasteiger partial charge is 0.325 e. The molecule has 0 bridgehead atoms. The van der Waals surface area contributed by atoms with Crippen molar-refractivity contribution in [1.29, 1.82) is 0 Å². The van der Waals surface area contributed by atoms with Crippen molar-refractivity contribution in [3.05, 3.63) is 0 Å². The van der Waals surface area contributed by atoms with Crippen LogP contribution in [0.1, 0.15) is 26.7 Å². The highest BCUT2D eigenvalue weighted by Crippen LogP contribution is 1.89. The van der Waals surface area contributed by atoms with Crippen molar-refractivity contribution in [2.24, 2.45) is 0 Å². The van der Waals surface area contributed by atoms with E-state index >= 15 is 0 Å². The fourth-order valence-electron chi connectivity index (χ4n) is 0.761. The number of rotatable bonds is 6. The number of hydrogen-bond donors (Lipinski definition) is 1. The van der Waals surface area contributed by atoms with Gasteiger partial charge < -0.3 is 14.8 Å². The van der Waals surface area contributed by atoms with E-state index < -0.39 is 5.97 Å². The summed E-state index contributed by atoms with van der Waals surface area (Å²) in [4.78, 5) is 32.3. The molecule has 0 atom stereocenters. The maximum Gasteiger partial charge on any atom is 0.325 e. The normalized spacial score (nSPS) is 9.29. The Balaban J connectivity index is 3.53. The molecule has 0 spiro atoms. The summed E-state index contributed by atoms with van der Waals surface area (Å²) in [5.41, 5.74) is 0. The van der Waals surface area contributed by atoms with E-state index in [0.717, 1.165) is 0 Å². The number of carbonyl (C=O) groups is 3. The predicted molar refractivity (Wildman–Crippen MR) is 49.6 cm³/mol. The Hall–Kier alpha value is -1.39. The van der Waals surface area contributed by atoms with Crippen molar-refractivity contribution in [3.63, 3.8) is 0 Å². The van der Waals surface area contributed by atoms with Gasteiger partial charge in [0.1, 0.15) is 12.3 Å². The zero-order chi connectivity index (χ0) is 11.0. The largest absolute Gasteiger partial charge is 0.465 e. The second-order valence-corrected chi connectivity index (χ2v) is 2.78. The lowest BCUT2D eigenvalue weighted by molar-refractivity contribution is -0.143. The molecule has 0 aliphatic heterocycles. The summed E-state index contributed by atoms with van der Waals surface area (Å²) >= 11 is 0. The molecule has 0 aliphatic carbocycles. The molecule has 0 saturated carbocycles. The monoisotopic (exact) mass is 201 g/mol. The minimum atomic E-state index is -0.469. The topological polar surface area (TPSA) is 72.5 Å². The number of amides is 1. The summed E-state index contributed by atoms with van der Waals surface area (Å²) in [5, 5.41) is 2.36. The number of Topliss-reactive ketones (excluding diaryl/α,β-unsaturated/α-hetero) is 1. The van der Waals surface area contributed by atoms with Gasteiger partial charge in [-0.2, -0.15) is 0 Å². The van der Waals surface area contributed by atoms with Gasteiger partial charge in [-0.3, -0.25) is 9.59 Å². The highest BCUT2D eigenvalue weighted by atomic mass is 16.5. The van der Waals surface area contributed by atoms with Crippen LogP contribution in [0.5, 0.6) is 0 Å². The highest BCUT2D eigenvalue weighted by molar-refractivity contribution is 5.85. The molecular formula is C9H15NO4. The van der Waals surface area contributed by atoms with E-state index in [1.807, 2.05) is 0 Å². The van der Waals surface area contributed by atoms with Crippen LogP contribution in [-0.2, 0) is 19.1 Å². The second kappa shape index (κ2) is 7.06. The fourth-order valence-corrected chi connectivity index (χ4v) is 0.761. The van der Waals surface area contributed by atoms with Gasteiger partial charge in [-0.1, -0.05) is 0 Å². The summed E-state index contributed by atoms with van der Waals surface area (Å²) < 4.78 is 4.60. The quantitative estimate of drug-likeness (QED) is 0.615. The van der Waals surface area contributed by atoms with Gasteiger partial charge in [-0.15, -0.1) is 0 Å². The van der Waals surface area contributed by atoms with Crippen molar-refractivity contribution in [2.45, 2.75) is 26.7 Å². The van der Waals surface area contributed by atoms with Crippen molar-refractivity contribution >= 4 is 17.7 Å². The van der Waals surface area contributed by atoms with Gasteiger partial charge in [0, 0.05) is 12.8 Å². The number of nitrogens with one attached hydrogen (secondary N) is 1. The lowest BCUT2D eigenvalue weighted by Crippen LogP contribution is -2.30. The summed E-state index contributed by atoms with van der Waals surface area (Å²) in [5.74, 6) is -0.826. The van der Waals surface area contributed by atoms with E-state index in [9.17, 15) is 14.4 Å². The first-order valence-corrected chi connectivity index (χ1v) is 4.48. The Morgan fingerprint density at radius 1 is 1.21 bits per heavy atom. The van der Waals surface area contributed by atoms with E-state index in [4.69, 9.17) is 0 Å². The van der Waals surface area contributed by atoms with Crippen LogP contribution in [0.4, 0.5) is 0 Å². The third-order valence-electron chi connectivity index (χ3n) is 1.44. The van der Waals surface area contributed by atoms with Gasteiger partial charge >= 0.3 is 5.97 Å². The first-order chi connectivity index (χ1) is 6.56. The number of hydrogen-bond acceptors (Lipinski definition) is 4. The molecule has 0 rings (SSSR count). The molecule has 5 nitrogen and oxygen atoms in total. The third kappa shape index (κ3) is 7.27. The lowest BCUT2D eigenvalue weighted by atomic mass is 10.2. The van der Waals surface area contributed by atoms with Gasteiger partial charge in [-0.05, 0) is 13.8 Å². The van der Waals surface area contributed by atoms with E-state index in [1.54, 1.807) is 6.92 Å². The van der Waals surface area contributed by atoms with E-state index in [0.29, 0.717) is 6.61 Å². The van der Waals surface area contributed by atoms with Crippen LogP contribution >= 0.6 is 0 Å². The molecule has 1 N–H and O–H groups in total. The van der Waals surface area contributed by atoms with Gasteiger partial charge in [0.2, 0.25) is 5.91 Å². The molecule has 80 valence electrons. The standard InChI is InChI=1S/C9H15NO4/c1-3-14-9(13)6-10-8(12)5-4-7(2)11/h3-6H2,1-2H3,(H,10,12). The van der Waals surface area contributed by atoms with Crippen molar-refractivity contribution < 1.29 is 19.1 Å². The molecule has 14 heavy (non-hydrogen) atoms. The number of esters is 1. The zero-order valence-electron chi connectivity index (χ0n) is 8.46. The molecule has 1 amide bonds.